The van der Waals surface area contributed by atoms with Crippen LogP contribution in [0.25, 0.3) is 0 Å². The van der Waals surface area contributed by atoms with E-state index >= 15 is 0 Å². The van der Waals surface area contributed by atoms with Crippen LogP contribution in [0.2, 0.25) is 0 Å². The van der Waals surface area contributed by atoms with Gasteiger partial charge >= 0.3 is 6.03 Å². The molecule has 1 aliphatic rings. The predicted octanol–water partition coefficient (Wildman–Crippen LogP) is 3.06. The largest absolute Gasteiger partial charge is 0.335 e. The maximum Gasteiger partial charge on any atom is 0.315 e. The van der Waals surface area contributed by atoms with Crippen molar-refractivity contribution in [2.75, 3.05) is 0 Å². The number of aromatic nitrogens is 2. The van der Waals surface area contributed by atoms with Gasteiger partial charge in [-0.3, -0.25) is 4.68 Å². The molecule has 0 spiro atoms. The SMILES string of the molecule is O=C(NCc1cccc(Cn2cccn2)c1)NC1CCCCC1. The van der Waals surface area contributed by atoms with Crippen molar-refractivity contribution in [3.05, 3.63) is 53.9 Å². The molecule has 2 amide bonds. The first-order valence-electron chi connectivity index (χ1n) is 8.39. The normalized spacial score (nSPS) is 15.3. The van der Waals surface area contributed by atoms with E-state index in [-0.39, 0.29) is 6.03 Å². The number of hydrogen-bond donors (Lipinski definition) is 2. The fourth-order valence-corrected chi connectivity index (χ4v) is 3.08. The van der Waals surface area contributed by atoms with Crippen molar-refractivity contribution in [1.82, 2.24) is 20.4 Å². The third kappa shape index (κ3) is 4.84. The monoisotopic (exact) mass is 312 g/mol. The number of urea groups is 1. The van der Waals surface area contributed by atoms with E-state index in [0.717, 1.165) is 24.9 Å². The van der Waals surface area contributed by atoms with E-state index in [9.17, 15) is 4.79 Å². The number of carbonyl (C=O) groups is 1. The average Bonchev–Trinajstić information content (AvgIpc) is 3.07. The molecule has 1 saturated carbocycles. The van der Waals surface area contributed by atoms with Crippen LogP contribution in [0.15, 0.2) is 42.7 Å². The van der Waals surface area contributed by atoms with Crippen molar-refractivity contribution >= 4 is 6.03 Å². The van der Waals surface area contributed by atoms with Crippen LogP contribution in [0.4, 0.5) is 4.79 Å². The zero-order chi connectivity index (χ0) is 15.9. The van der Waals surface area contributed by atoms with Gasteiger partial charge in [-0.2, -0.15) is 5.10 Å². The minimum absolute atomic E-state index is 0.0608. The van der Waals surface area contributed by atoms with Crippen LogP contribution in [-0.2, 0) is 13.1 Å². The van der Waals surface area contributed by atoms with Crippen LogP contribution in [-0.4, -0.2) is 21.9 Å². The van der Waals surface area contributed by atoms with Gasteiger partial charge < -0.3 is 10.6 Å². The number of nitrogens with zero attached hydrogens (tertiary/aromatic N) is 2. The molecular weight excluding hydrogens is 288 g/mol. The van der Waals surface area contributed by atoms with Crippen LogP contribution in [0.3, 0.4) is 0 Å². The molecule has 0 aliphatic heterocycles. The van der Waals surface area contributed by atoms with Crippen LogP contribution >= 0.6 is 0 Å². The molecule has 0 bridgehead atoms. The van der Waals surface area contributed by atoms with Crippen LogP contribution in [0.5, 0.6) is 0 Å². The summed E-state index contributed by atoms with van der Waals surface area (Å²) in [5, 5.41) is 10.3. The third-order valence-electron chi connectivity index (χ3n) is 4.29. The lowest BCUT2D eigenvalue weighted by Gasteiger charge is -2.22. The van der Waals surface area contributed by atoms with Gasteiger partial charge in [-0.25, -0.2) is 4.79 Å². The summed E-state index contributed by atoms with van der Waals surface area (Å²) in [4.78, 5) is 12.0. The topological polar surface area (TPSA) is 59.0 Å². The second kappa shape index (κ2) is 7.81. The van der Waals surface area contributed by atoms with Crippen molar-refractivity contribution in [2.45, 2.75) is 51.2 Å². The molecule has 5 heteroatoms. The lowest BCUT2D eigenvalue weighted by Crippen LogP contribution is -2.42. The van der Waals surface area contributed by atoms with Gasteiger partial charge in [0.05, 0.1) is 6.54 Å². The molecule has 5 nitrogen and oxygen atoms in total. The summed E-state index contributed by atoms with van der Waals surface area (Å²) in [6.07, 6.45) is 9.67. The quantitative estimate of drug-likeness (QED) is 0.891. The Labute approximate surface area is 137 Å². The first-order valence-corrected chi connectivity index (χ1v) is 8.39. The first-order chi connectivity index (χ1) is 11.3. The Kier molecular flexibility index (Phi) is 5.29. The van der Waals surface area contributed by atoms with Gasteiger partial charge in [0.25, 0.3) is 0 Å². The van der Waals surface area contributed by atoms with E-state index in [0.29, 0.717) is 12.6 Å². The Morgan fingerprint density at radius 2 is 2.00 bits per heavy atom. The van der Waals surface area contributed by atoms with E-state index in [1.54, 1.807) is 6.20 Å². The second-order valence-corrected chi connectivity index (χ2v) is 6.19. The molecule has 2 aromatic rings. The zero-order valence-corrected chi connectivity index (χ0v) is 13.4. The van der Waals surface area contributed by atoms with Crippen LogP contribution in [0, 0.1) is 0 Å². The lowest BCUT2D eigenvalue weighted by atomic mass is 9.96. The maximum absolute atomic E-state index is 12.0. The highest BCUT2D eigenvalue weighted by molar-refractivity contribution is 5.74. The molecule has 0 atom stereocenters. The Balaban J connectivity index is 1.48. The number of carbonyl (C=O) groups excluding carboxylic acids is 1. The predicted molar refractivity (Wildman–Crippen MR) is 90.0 cm³/mol. The molecular formula is C18H24N4O. The Morgan fingerprint density at radius 1 is 1.17 bits per heavy atom. The van der Waals surface area contributed by atoms with E-state index in [2.05, 4.69) is 27.9 Å². The van der Waals surface area contributed by atoms with Crippen LogP contribution < -0.4 is 10.6 Å². The smallest absolute Gasteiger partial charge is 0.315 e. The van der Waals surface area contributed by atoms with Crippen molar-refractivity contribution in [2.24, 2.45) is 0 Å². The minimum Gasteiger partial charge on any atom is -0.335 e. The summed E-state index contributed by atoms with van der Waals surface area (Å²) in [6, 6.07) is 10.4. The molecule has 1 aliphatic carbocycles. The maximum atomic E-state index is 12.0. The molecule has 2 N–H and O–H groups in total. The molecule has 23 heavy (non-hydrogen) atoms. The number of nitrogens with one attached hydrogen (secondary N) is 2. The van der Waals surface area contributed by atoms with Gasteiger partial charge in [0.15, 0.2) is 0 Å². The summed E-state index contributed by atoms with van der Waals surface area (Å²) in [6.45, 7) is 1.29. The number of amides is 2. The highest BCUT2D eigenvalue weighted by Gasteiger charge is 2.15. The summed E-state index contributed by atoms with van der Waals surface area (Å²) in [7, 11) is 0. The molecule has 0 unspecified atom stereocenters. The molecule has 1 aromatic heterocycles. The van der Waals surface area contributed by atoms with Crippen molar-refractivity contribution < 1.29 is 4.79 Å². The van der Waals surface area contributed by atoms with E-state index in [4.69, 9.17) is 0 Å². The molecule has 1 aromatic carbocycles. The van der Waals surface area contributed by atoms with Gasteiger partial charge in [0.2, 0.25) is 0 Å². The Hall–Kier alpha value is -2.30. The summed E-state index contributed by atoms with van der Waals surface area (Å²) >= 11 is 0. The minimum atomic E-state index is -0.0608. The van der Waals surface area contributed by atoms with E-state index in [1.807, 2.05) is 29.1 Å². The Bertz CT molecular complexity index is 618. The summed E-state index contributed by atoms with van der Waals surface area (Å²) < 4.78 is 1.89. The number of hydrogen-bond acceptors (Lipinski definition) is 2. The molecule has 0 saturated heterocycles. The second-order valence-electron chi connectivity index (χ2n) is 6.19. The lowest BCUT2D eigenvalue weighted by molar-refractivity contribution is 0.232. The molecule has 1 heterocycles. The average molecular weight is 312 g/mol. The van der Waals surface area contributed by atoms with E-state index in [1.165, 1.54) is 24.8 Å². The van der Waals surface area contributed by atoms with Crippen LogP contribution in [0.1, 0.15) is 43.2 Å². The van der Waals surface area contributed by atoms with Crippen molar-refractivity contribution in [3.63, 3.8) is 0 Å². The fourth-order valence-electron chi connectivity index (χ4n) is 3.08. The molecule has 3 rings (SSSR count). The number of rotatable bonds is 5. The van der Waals surface area contributed by atoms with Gasteiger partial charge in [-0.05, 0) is 30.0 Å². The van der Waals surface area contributed by atoms with E-state index < -0.39 is 0 Å². The highest BCUT2D eigenvalue weighted by Crippen LogP contribution is 2.17. The fraction of sp³-hybridized carbons (Fsp3) is 0.444. The van der Waals surface area contributed by atoms with Crippen molar-refractivity contribution in [1.29, 1.82) is 0 Å². The third-order valence-corrected chi connectivity index (χ3v) is 4.29. The summed E-state index contributed by atoms with van der Waals surface area (Å²) in [5.41, 5.74) is 2.29. The molecule has 0 radical (unpaired) electrons. The Morgan fingerprint density at radius 3 is 2.78 bits per heavy atom. The molecule has 1 fully saturated rings. The van der Waals surface area contributed by atoms with Gasteiger partial charge in [-0.15, -0.1) is 0 Å². The highest BCUT2D eigenvalue weighted by atomic mass is 16.2. The van der Waals surface area contributed by atoms with Gasteiger partial charge in [0.1, 0.15) is 0 Å². The standard InChI is InChI=1S/C18H24N4O/c23-18(21-17-8-2-1-3-9-17)19-13-15-6-4-7-16(12-15)14-22-11-5-10-20-22/h4-7,10-12,17H,1-3,8-9,13-14H2,(H2,19,21,23). The van der Waals surface area contributed by atoms with Crippen molar-refractivity contribution in [3.8, 4) is 0 Å². The first kappa shape index (κ1) is 15.6. The van der Waals surface area contributed by atoms with Gasteiger partial charge in [0, 0.05) is 25.0 Å². The van der Waals surface area contributed by atoms with Gasteiger partial charge in [-0.1, -0.05) is 43.5 Å². The molecule has 122 valence electrons. The zero-order valence-electron chi connectivity index (χ0n) is 13.4. The summed E-state index contributed by atoms with van der Waals surface area (Å²) in [5.74, 6) is 0. The number of benzene rings is 1.